The standard InChI is InChI=1S/C33H38BrN3O4S/c1-5-15-35(20-23-13-8-7-9-14-23)30(39)25-26-31(40)37(17-18-38)29(33(26)19-24(34)28(25)42-33)32(41)36(16-6-2)27-21(3)11-10-12-22(27)4/h5-14,24-26,28-29,38H,1-2,15-20H2,3-4H3/t24?,25-,26-,28-,29?,33?/m0/s1. The average Bonchev–Trinajstić information content (AvgIpc) is 3.55. The van der Waals surface area contributed by atoms with Crippen LogP contribution in [0.25, 0.3) is 0 Å². The number of β-amino-alcohol motifs (C(OH)–C–C–N with tert-alkyl or cyclic N) is 1. The first-order valence-corrected chi connectivity index (χ1v) is 16.1. The van der Waals surface area contributed by atoms with Crippen LogP contribution in [-0.4, -0.2) is 79.7 Å². The van der Waals surface area contributed by atoms with Crippen LogP contribution in [0.1, 0.15) is 23.1 Å². The van der Waals surface area contributed by atoms with Crippen molar-refractivity contribution in [1.82, 2.24) is 9.80 Å². The van der Waals surface area contributed by atoms with E-state index < -0.39 is 22.6 Å². The Hall–Kier alpha value is -2.88. The van der Waals surface area contributed by atoms with Crippen molar-refractivity contribution in [3.05, 3.63) is 90.5 Å². The van der Waals surface area contributed by atoms with Crippen LogP contribution in [0.2, 0.25) is 0 Å². The lowest BCUT2D eigenvalue weighted by atomic mass is 9.70. The van der Waals surface area contributed by atoms with Gasteiger partial charge < -0.3 is 19.8 Å². The number of amides is 3. The topological polar surface area (TPSA) is 81.2 Å². The van der Waals surface area contributed by atoms with E-state index in [4.69, 9.17) is 0 Å². The number of para-hydroxylation sites is 1. The van der Waals surface area contributed by atoms with E-state index in [0.29, 0.717) is 19.5 Å². The van der Waals surface area contributed by atoms with Crippen LogP contribution < -0.4 is 4.90 Å². The zero-order valence-corrected chi connectivity index (χ0v) is 26.5. The van der Waals surface area contributed by atoms with Crippen molar-refractivity contribution in [3.63, 3.8) is 0 Å². The first-order valence-electron chi connectivity index (χ1n) is 14.4. The van der Waals surface area contributed by atoms with Gasteiger partial charge in [0.05, 0.1) is 23.2 Å². The van der Waals surface area contributed by atoms with Gasteiger partial charge in [-0.1, -0.05) is 76.6 Å². The molecule has 3 amide bonds. The zero-order valence-electron chi connectivity index (χ0n) is 24.1. The highest BCUT2D eigenvalue weighted by molar-refractivity contribution is 9.09. The van der Waals surface area contributed by atoms with Gasteiger partial charge in [0.1, 0.15) is 6.04 Å². The van der Waals surface area contributed by atoms with E-state index in [2.05, 4.69) is 29.1 Å². The summed E-state index contributed by atoms with van der Waals surface area (Å²) in [6, 6.07) is 14.9. The van der Waals surface area contributed by atoms with E-state index >= 15 is 0 Å². The molecule has 222 valence electrons. The maximum Gasteiger partial charge on any atom is 0.251 e. The third-order valence-electron chi connectivity index (χ3n) is 8.81. The molecule has 0 aliphatic carbocycles. The summed E-state index contributed by atoms with van der Waals surface area (Å²) in [5.74, 6) is -1.80. The van der Waals surface area contributed by atoms with Crippen LogP contribution in [0.15, 0.2) is 73.8 Å². The second-order valence-electron chi connectivity index (χ2n) is 11.4. The van der Waals surface area contributed by atoms with Gasteiger partial charge in [0.15, 0.2) is 0 Å². The summed E-state index contributed by atoms with van der Waals surface area (Å²) in [5, 5.41) is 9.88. The highest BCUT2D eigenvalue weighted by Gasteiger charge is 2.76. The largest absolute Gasteiger partial charge is 0.395 e. The van der Waals surface area contributed by atoms with Crippen molar-refractivity contribution < 1.29 is 19.5 Å². The Bertz CT molecular complexity index is 1370. The fourth-order valence-corrected chi connectivity index (χ4v) is 10.8. The quantitative estimate of drug-likeness (QED) is 0.286. The van der Waals surface area contributed by atoms with Gasteiger partial charge in [-0.15, -0.1) is 24.9 Å². The smallest absolute Gasteiger partial charge is 0.251 e. The van der Waals surface area contributed by atoms with E-state index in [0.717, 1.165) is 22.4 Å². The molecule has 1 spiro atoms. The van der Waals surface area contributed by atoms with Gasteiger partial charge in [0.25, 0.3) is 5.91 Å². The van der Waals surface area contributed by atoms with Gasteiger partial charge in [-0.05, 0) is 37.0 Å². The molecule has 2 aromatic carbocycles. The van der Waals surface area contributed by atoms with Crippen LogP contribution in [0, 0.1) is 25.7 Å². The first kappa shape index (κ1) is 30.6. The Morgan fingerprint density at radius 1 is 1.07 bits per heavy atom. The van der Waals surface area contributed by atoms with Gasteiger partial charge in [-0.25, -0.2) is 0 Å². The number of carbonyl (C=O) groups excluding carboxylic acids is 3. The molecule has 42 heavy (non-hydrogen) atoms. The molecular weight excluding hydrogens is 614 g/mol. The first-order chi connectivity index (χ1) is 20.2. The lowest BCUT2D eigenvalue weighted by Crippen LogP contribution is -2.56. The number of hydrogen-bond acceptors (Lipinski definition) is 5. The van der Waals surface area contributed by atoms with E-state index in [1.165, 1.54) is 0 Å². The molecule has 3 unspecified atom stereocenters. The average molecular weight is 653 g/mol. The number of aliphatic hydroxyl groups is 1. The number of hydrogen-bond donors (Lipinski definition) is 1. The molecule has 0 radical (unpaired) electrons. The SMILES string of the molecule is C=CCN(Cc1ccccc1)C(=O)[C@H]1[C@H]2C(=O)N(CCO)C(C(=O)N(CC=C)c3c(C)cccc3C)C23CC(Br)[C@@H]1S3. The molecule has 7 nitrogen and oxygen atoms in total. The number of likely N-dealkylation sites (tertiary alicyclic amines) is 1. The molecule has 5 rings (SSSR count). The molecule has 3 saturated heterocycles. The van der Waals surface area contributed by atoms with Crippen molar-refractivity contribution in [2.75, 3.05) is 31.1 Å². The number of nitrogens with zero attached hydrogens (tertiary/aromatic N) is 3. The summed E-state index contributed by atoms with van der Waals surface area (Å²) in [7, 11) is 0. The fraction of sp³-hybridized carbons (Fsp3) is 0.424. The van der Waals surface area contributed by atoms with E-state index in [9.17, 15) is 19.5 Å². The molecule has 3 aliphatic heterocycles. The lowest BCUT2D eigenvalue weighted by molar-refractivity contribution is -0.144. The highest BCUT2D eigenvalue weighted by atomic mass is 79.9. The fourth-order valence-electron chi connectivity index (χ4n) is 7.24. The number of alkyl halides is 1. The number of halogens is 1. The second kappa shape index (κ2) is 12.4. The van der Waals surface area contributed by atoms with Gasteiger partial charge in [0, 0.05) is 41.9 Å². The summed E-state index contributed by atoms with van der Waals surface area (Å²) in [4.78, 5) is 48.4. The third kappa shape index (κ3) is 5.03. The highest BCUT2D eigenvalue weighted by Crippen LogP contribution is 2.68. The number of thioether (sulfide) groups is 1. The van der Waals surface area contributed by atoms with Crippen LogP contribution in [0.3, 0.4) is 0 Å². The minimum atomic E-state index is -0.823. The van der Waals surface area contributed by atoms with Crippen LogP contribution in [0.5, 0.6) is 0 Å². The van der Waals surface area contributed by atoms with Crippen LogP contribution >= 0.6 is 27.7 Å². The van der Waals surface area contributed by atoms with Gasteiger partial charge >= 0.3 is 0 Å². The summed E-state index contributed by atoms with van der Waals surface area (Å²) in [5.41, 5.74) is 3.70. The van der Waals surface area contributed by atoms with Crippen LogP contribution in [0.4, 0.5) is 5.69 Å². The number of rotatable bonds is 11. The molecule has 0 aromatic heterocycles. The Balaban J connectivity index is 1.56. The molecule has 2 bridgehead atoms. The normalized spacial score (nSPS) is 27.6. The molecule has 6 atom stereocenters. The van der Waals surface area contributed by atoms with Gasteiger partial charge in [0.2, 0.25) is 11.8 Å². The Morgan fingerprint density at radius 2 is 1.74 bits per heavy atom. The van der Waals surface area contributed by atoms with Crippen molar-refractivity contribution in [2.24, 2.45) is 11.8 Å². The molecule has 3 heterocycles. The maximum atomic E-state index is 14.7. The van der Waals surface area contributed by atoms with Crippen molar-refractivity contribution in [2.45, 2.75) is 47.7 Å². The van der Waals surface area contributed by atoms with Gasteiger partial charge in [-0.3, -0.25) is 14.4 Å². The number of benzene rings is 2. The Morgan fingerprint density at radius 3 is 2.36 bits per heavy atom. The second-order valence-corrected chi connectivity index (χ2v) is 14.1. The van der Waals surface area contributed by atoms with Crippen molar-refractivity contribution in [1.29, 1.82) is 0 Å². The summed E-state index contributed by atoms with van der Waals surface area (Å²) >= 11 is 5.46. The predicted octanol–water partition coefficient (Wildman–Crippen LogP) is 4.49. The number of aryl methyl sites for hydroxylation is 2. The number of anilines is 1. The molecule has 1 N–H and O–H groups in total. The summed E-state index contributed by atoms with van der Waals surface area (Å²) in [6.07, 6.45) is 3.98. The van der Waals surface area contributed by atoms with E-state index in [1.807, 2.05) is 62.4 Å². The monoisotopic (exact) mass is 651 g/mol. The molecule has 3 aliphatic rings. The summed E-state index contributed by atoms with van der Waals surface area (Å²) < 4.78 is -0.800. The van der Waals surface area contributed by atoms with E-state index in [-0.39, 0.29) is 47.5 Å². The Kier molecular flexibility index (Phi) is 9.02. The molecule has 9 heteroatoms. The number of fused-ring (bicyclic) bond motifs is 1. The minimum Gasteiger partial charge on any atom is -0.395 e. The molecule has 3 fully saturated rings. The van der Waals surface area contributed by atoms with Crippen LogP contribution in [-0.2, 0) is 20.9 Å². The molecule has 0 saturated carbocycles. The lowest BCUT2D eigenvalue weighted by Gasteiger charge is -2.39. The van der Waals surface area contributed by atoms with E-state index in [1.54, 1.807) is 38.6 Å². The number of aliphatic hydroxyl groups excluding tert-OH is 1. The Labute approximate surface area is 260 Å². The maximum absolute atomic E-state index is 14.7. The third-order valence-corrected chi connectivity index (χ3v) is 12.0. The van der Waals surface area contributed by atoms with Gasteiger partial charge in [-0.2, -0.15) is 0 Å². The number of carbonyl (C=O) groups is 3. The summed E-state index contributed by atoms with van der Waals surface area (Å²) in [6.45, 7) is 12.5. The van der Waals surface area contributed by atoms with Crippen molar-refractivity contribution >= 4 is 51.1 Å². The van der Waals surface area contributed by atoms with Crippen molar-refractivity contribution in [3.8, 4) is 0 Å². The predicted molar refractivity (Wildman–Crippen MR) is 172 cm³/mol. The molecular formula is C33H38BrN3O4S. The molecule has 2 aromatic rings. The zero-order chi connectivity index (χ0) is 30.2. The minimum absolute atomic E-state index is 0.0294.